The molecule has 2 atom stereocenters. The lowest BCUT2D eigenvalue weighted by Crippen LogP contribution is -2.47. The molecular weight excluding hydrogens is 236 g/mol. The van der Waals surface area contributed by atoms with E-state index in [-0.39, 0.29) is 17.4 Å². The van der Waals surface area contributed by atoms with Gasteiger partial charge in [-0.15, -0.1) is 0 Å². The fourth-order valence-electron chi connectivity index (χ4n) is 2.82. The van der Waals surface area contributed by atoms with Gasteiger partial charge in [0, 0.05) is 12.6 Å². The molecule has 3 nitrogen and oxygen atoms in total. The lowest BCUT2D eigenvalue weighted by atomic mass is 9.84. The van der Waals surface area contributed by atoms with Gasteiger partial charge in [-0.1, -0.05) is 36.8 Å². The molecule has 0 aromatic heterocycles. The molecule has 3 heteroatoms. The van der Waals surface area contributed by atoms with E-state index in [9.17, 15) is 4.79 Å². The lowest BCUT2D eigenvalue weighted by Gasteiger charge is -2.27. The molecule has 1 aliphatic rings. The monoisotopic (exact) mass is 260 g/mol. The van der Waals surface area contributed by atoms with Gasteiger partial charge < -0.3 is 11.1 Å². The van der Waals surface area contributed by atoms with Crippen molar-refractivity contribution in [1.29, 1.82) is 0 Å². The second-order valence-corrected chi connectivity index (χ2v) is 5.76. The predicted molar refractivity (Wildman–Crippen MR) is 77.7 cm³/mol. The highest BCUT2D eigenvalue weighted by molar-refractivity contribution is 5.83. The number of benzene rings is 1. The molecule has 0 bridgehead atoms. The molecule has 1 aromatic rings. The summed E-state index contributed by atoms with van der Waals surface area (Å²) >= 11 is 0. The summed E-state index contributed by atoms with van der Waals surface area (Å²) in [4.78, 5) is 12.2. The molecule has 0 aliphatic heterocycles. The molecule has 2 rings (SSSR count). The third-order valence-corrected chi connectivity index (χ3v) is 4.32. The van der Waals surface area contributed by atoms with Gasteiger partial charge in [0.15, 0.2) is 0 Å². The van der Waals surface area contributed by atoms with Crippen LogP contribution in [0.2, 0.25) is 0 Å². The van der Waals surface area contributed by atoms with Crippen molar-refractivity contribution in [2.45, 2.75) is 45.1 Å². The van der Waals surface area contributed by atoms with E-state index < -0.39 is 0 Å². The van der Waals surface area contributed by atoms with E-state index in [2.05, 4.69) is 17.4 Å². The van der Waals surface area contributed by atoms with Gasteiger partial charge in [-0.25, -0.2) is 0 Å². The molecule has 0 heterocycles. The average Bonchev–Trinajstić information content (AvgIpc) is 2.77. The first-order chi connectivity index (χ1) is 9.13. The fraction of sp³-hybridized carbons (Fsp3) is 0.562. The number of nitrogens with two attached hydrogens (primary N) is 1. The summed E-state index contributed by atoms with van der Waals surface area (Å²) in [7, 11) is 0. The third-order valence-electron chi connectivity index (χ3n) is 4.32. The fourth-order valence-corrected chi connectivity index (χ4v) is 2.82. The first kappa shape index (κ1) is 14.1. The molecule has 1 aromatic carbocycles. The van der Waals surface area contributed by atoms with Crippen molar-refractivity contribution < 1.29 is 4.79 Å². The number of rotatable bonds is 5. The van der Waals surface area contributed by atoms with Crippen LogP contribution in [0.4, 0.5) is 0 Å². The van der Waals surface area contributed by atoms with E-state index in [1.54, 1.807) is 0 Å². The first-order valence-corrected chi connectivity index (χ1v) is 7.21. The van der Waals surface area contributed by atoms with Crippen molar-refractivity contribution in [3.8, 4) is 0 Å². The van der Waals surface area contributed by atoms with Crippen LogP contribution in [-0.4, -0.2) is 18.5 Å². The zero-order valence-corrected chi connectivity index (χ0v) is 11.7. The number of amides is 1. The van der Waals surface area contributed by atoms with E-state index in [1.807, 2.05) is 25.1 Å². The van der Waals surface area contributed by atoms with Crippen LogP contribution < -0.4 is 11.1 Å². The second kappa shape index (κ2) is 6.20. The van der Waals surface area contributed by atoms with Gasteiger partial charge in [-0.3, -0.25) is 4.79 Å². The normalized spacial score (nSPS) is 26.3. The van der Waals surface area contributed by atoms with Gasteiger partial charge >= 0.3 is 0 Å². The zero-order chi connectivity index (χ0) is 13.7. The van der Waals surface area contributed by atoms with Crippen LogP contribution in [-0.2, 0) is 11.2 Å². The average molecular weight is 260 g/mol. The van der Waals surface area contributed by atoms with Crippen LogP contribution in [0, 0.1) is 5.41 Å². The van der Waals surface area contributed by atoms with E-state index in [1.165, 1.54) is 5.56 Å². The zero-order valence-electron chi connectivity index (χ0n) is 11.7. The number of carbonyl (C=O) groups excluding carboxylic acids is 1. The highest BCUT2D eigenvalue weighted by atomic mass is 16.2. The quantitative estimate of drug-likeness (QED) is 0.798. The number of nitrogens with one attached hydrogen (secondary N) is 1. The Hall–Kier alpha value is -1.35. The standard InChI is InChI=1S/C16H24N2O/c1-16(11-5-10-14(16)17)15(19)18-12-6-9-13-7-3-2-4-8-13/h2-4,7-8,14H,5-6,9-12,17H2,1H3,(H,18,19). The number of hydrogen-bond donors (Lipinski definition) is 2. The Balaban J connectivity index is 1.73. The molecule has 1 amide bonds. The Labute approximate surface area is 115 Å². The van der Waals surface area contributed by atoms with Crippen molar-refractivity contribution in [2.24, 2.45) is 11.1 Å². The van der Waals surface area contributed by atoms with E-state index >= 15 is 0 Å². The molecule has 2 unspecified atom stereocenters. The lowest BCUT2D eigenvalue weighted by molar-refractivity contribution is -0.130. The molecular formula is C16H24N2O. The molecule has 0 radical (unpaired) electrons. The minimum atomic E-state index is -0.354. The van der Waals surface area contributed by atoms with Crippen molar-refractivity contribution >= 4 is 5.91 Å². The maximum Gasteiger partial charge on any atom is 0.227 e. The van der Waals surface area contributed by atoms with E-state index in [0.717, 1.165) is 38.6 Å². The highest BCUT2D eigenvalue weighted by Gasteiger charge is 2.42. The Morgan fingerprint density at radius 3 is 2.79 bits per heavy atom. The summed E-state index contributed by atoms with van der Waals surface area (Å²) in [5.41, 5.74) is 7.01. The molecule has 0 spiro atoms. The molecule has 1 saturated carbocycles. The minimum absolute atomic E-state index is 0.0154. The van der Waals surface area contributed by atoms with Gasteiger partial charge in [0.1, 0.15) is 0 Å². The summed E-state index contributed by atoms with van der Waals surface area (Å²) in [6.07, 6.45) is 4.92. The Morgan fingerprint density at radius 1 is 1.42 bits per heavy atom. The number of aryl methyl sites for hydroxylation is 1. The maximum absolute atomic E-state index is 12.2. The van der Waals surface area contributed by atoms with Crippen LogP contribution in [0.1, 0.15) is 38.2 Å². The SMILES string of the molecule is CC1(C(=O)NCCCc2ccccc2)CCCC1N. The molecule has 19 heavy (non-hydrogen) atoms. The Kier molecular flexibility index (Phi) is 4.59. The Morgan fingerprint density at radius 2 is 2.16 bits per heavy atom. The first-order valence-electron chi connectivity index (χ1n) is 7.21. The van der Waals surface area contributed by atoms with E-state index in [0.29, 0.717) is 0 Å². The molecule has 0 saturated heterocycles. The van der Waals surface area contributed by atoms with Crippen molar-refractivity contribution in [1.82, 2.24) is 5.32 Å². The molecule has 1 aliphatic carbocycles. The van der Waals surface area contributed by atoms with Crippen LogP contribution in [0.15, 0.2) is 30.3 Å². The Bertz CT molecular complexity index is 418. The molecule has 104 valence electrons. The van der Waals surface area contributed by atoms with Crippen LogP contribution in [0.25, 0.3) is 0 Å². The second-order valence-electron chi connectivity index (χ2n) is 5.76. The van der Waals surface area contributed by atoms with E-state index in [4.69, 9.17) is 5.73 Å². The minimum Gasteiger partial charge on any atom is -0.356 e. The number of carbonyl (C=O) groups is 1. The maximum atomic E-state index is 12.2. The van der Waals surface area contributed by atoms with Crippen LogP contribution >= 0.6 is 0 Å². The van der Waals surface area contributed by atoms with Crippen LogP contribution in [0.5, 0.6) is 0 Å². The van der Waals surface area contributed by atoms with Gasteiger partial charge in [0.05, 0.1) is 5.41 Å². The smallest absolute Gasteiger partial charge is 0.227 e. The number of hydrogen-bond acceptors (Lipinski definition) is 2. The summed E-state index contributed by atoms with van der Waals surface area (Å²) in [6.45, 7) is 2.73. The predicted octanol–water partition coefficient (Wildman–Crippen LogP) is 2.25. The van der Waals surface area contributed by atoms with Crippen molar-refractivity contribution in [3.05, 3.63) is 35.9 Å². The van der Waals surface area contributed by atoms with Gasteiger partial charge in [0.2, 0.25) is 5.91 Å². The highest BCUT2D eigenvalue weighted by Crippen LogP contribution is 2.36. The van der Waals surface area contributed by atoms with Crippen molar-refractivity contribution in [3.63, 3.8) is 0 Å². The molecule has 1 fully saturated rings. The summed E-state index contributed by atoms with van der Waals surface area (Å²) in [5.74, 6) is 0.130. The third kappa shape index (κ3) is 3.35. The van der Waals surface area contributed by atoms with Gasteiger partial charge in [0.25, 0.3) is 0 Å². The van der Waals surface area contributed by atoms with Gasteiger partial charge in [-0.05, 0) is 38.2 Å². The summed E-state index contributed by atoms with van der Waals surface area (Å²) < 4.78 is 0. The molecule has 3 N–H and O–H groups in total. The van der Waals surface area contributed by atoms with Crippen molar-refractivity contribution in [2.75, 3.05) is 6.54 Å². The van der Waals surface area contributed by atoms with Crippen LogP contribution in [0.3, 0.4) is 0 Å². The topological polar surface area (TPSA) is 55.1 Å². The summed E-state index contributed by atoms with van der Waals surface area (Å²) in [5, 5.41) is 3.05. The van der Waals surface area contributed by atoms with Gasteiger partial charge in [-0.2, -0.15) is 0 Å². The summed E-state index contributed by atoms with van der Waals surface area (Å²) in [6, 6.07) is 10.4. The largest absolute Gasteiger partial charge is 0.356 e.